The van der Waals surface area contributed by atoms with Crippen LogP contribution < -0.4 is 5.32 Å². The van der Waals surface area contributed by atoms with Gasteiger partial charge in [0.25, 0.3) is 0 Å². The molecule has 0 saturated carbocycles. The molecule has 5 heteroatoms. The molecule has 4 nitrogen and oxygen atoms in total. The Morgan fingerprint density at radius 2 is 2.17 bits per heavy atom. The van der Waals surface area contributed by atoms with Gasteiger partial charge in [-0.3, -0.25) is 4.40 Å². The molecule has 2 heterocycles. The van der Waals surface area contributed by atoms with Crippen molar-refractivity contribution >= 4 is 16.3 Å². The first-order chi connectivity index (χ1) is 8.47. The fourth-order valence-corrected chi connectivity index (χ4v) is 3.10. The topological polar surface area (TPSA) is 32.6 Å². The van der Waals surface area contributed by atoms with Crippen LogP contribution in [0.1, 0.15) is 23.2 Å². The number of aromatic nitrogens is 2. The number of rotatable bonds is 5. The monoisotopic (exact) mass is 266 g/mol. The molecule has 0 aromatic carbocycles. The largest absolute Gasteiger partial charge is 0.308 e. The number of aryl methyl sites for hydroxylation is 2. The molecule has 0 amide bonds. The van der Waals surface area contributed by atoms with Crippen LogP contribution in [-0.2, 0) is 6.54 Å². The lowest BCUT2D eigenvalue weighted by Crippen LogP contribution is -2.35. The molecule has 0 spiro atoms. The smallest absolute Gasteiger partial charge is 0.194 e. The minimum Gasteiger partial charge on any atom is -0.308 e. The maximum absolute atomic E-state index is 4.60. The Morgan fingerprint density at radius 1 is 1.44 bits per heavy atom. The van der Waals surface area contributed by atoms with Crippen LogP contribution >= 0.6 is 11.3 Å². The molecule has 100 valence electrons. The molecule has 0 saturated heterocycles. The Morgan fingerprint density at radius 3 is 2.83 bits per heavy atom. The zero-order valence-electron chi connectivity index (χ0n) is 11.8. The van der Waals surface area contributed by atoms with Crippen LogP contribution in [0.25, 0.3) is 4.96 Å². The third-order valence-electron chi connectivity index (χ3n) is 3.00. The second-order valence-corrected chi connectivity index (χ2v) is 6.40. The molecule has 1 unspecified atom stereocenters. The molecule has 0 aliphatic heterocycles. The SMILES string of the molecule is Cc1cn2c(CNC(C)CN(C)C)c(C)nc2s1. The van der Waals surface area contributed by atoms with Crippen LogP contribution in [0.5, 0.6) is 0 Å². The second-order valence-electron chi connectivity index (χ2n) is 5.18. The molecular weight excluding hydrogens is 244 g/mol. The van der Waals surface area contributed by atoms with Crippen molar-refractivity contribution in [1.82, 2.24) is 19.6 Å². The zero-order valence-corrected chi connectivity index (χ0v) is 12.6. The van der Waals surface area contributed by atoms with Crippen molar-refractivity contribution in [3.63, 3.8) is 0 Å². The Bertz CT molecular complexity index is 526. The first-order valence-corrected chi connectivity index (χ1v) is 7.11. The second kappa shape index (κ2) is 5.38. The van der Waals surface area contributed by atoms with Crippen LogP contribution in [0.2, 0.25) is 0 Å². The van der Waals surface area contributed by atoms with E-state index in [0.29, 0.717) is 6.04 Å². The number of hydrogen-bond acceptors (Lipinski definition) is 4. The lowest BCUT2D eigenvalue weighted by molar-refractivity contribution is 0.348. The summed E-state index contributed by atoms with van der Waals surface area (Å²) in [6.45, 7) is 8.34. The van der Waals surface area contributed by atoms with E-state index in [4.69, 9.17) is 0 Å². The van der Waals surface area contributed by atoms with E-state index in [0.717, 1.165) is 23.7 Å². The van der Waals surface area contributed by atoms with Gasteiger partial charge in [-0.2, -0.15) is 0 Å². The first-order valence-electron chi connectivity index (χ1n) is 6.29. The highest BCUT2D eigenvalue weighted by molar-refractivity contribution is 7.17. The number of nitrogens with zero attached hydrogens (tertiary/aromatic N) is 3. The van der Waals surface area contributed by atoms with Gasteiger partial charge in [0.2, 0.25) is 0 Å². The van der Waals surface area contributed by atoms with E-state index in [-0.39, 0.29) is 0 Å². The molecule has 0 fully saturated rings. The van der Waals surface area contributed by atoms with E-state index in [1.165, 1.54) is 10.6 Å². The summed E-state index contributed by atoms with van der Waals surface area (Å²) in [6.07, 6.45) is 2.17. The number of imidazole rings is 1. The molecule has 1 N–H and O–H groups in total. The summed E-state index contributed by atoms with van der Waals surface area (Å²) in [5.41, 5.74) is 2.41. The molecule has 0 aliphatic carbocycles. The third kappa shape index (κ3) is 2.91. The van der Waals surface area contributed by atoms with Crippen molar-refractivity contribution in [2.75, 3.05) is 20.6 Å². The Hall–Kier alpha value is -0.910. The van der Waals surface area contributed by atoms with Gasteiger partial charge in [-0.25, -0.2) is 4.98 Å². The van der Waals surface area contributed by atoms with E-state index in [2.05, 4.69) is 60.7 Å². The summed E-state index contributed by atoms with van der Waals surface area (Å²) in [5.74, 6) is 0. The molecule has 1 atom stereocenters. The van der Waals surface area contributed by atoms with Crippen LogP contribution in [0.15, 0.2) is 6.20 Å². The van der Waals surface area contributed by atoms with Crippen molar-refractivity contribution < 1.29 is 0 Å². The minimum atomic E-state index is 0.477. The van der Waals surface area contributed by atoms with Gasteiger partial charge in [0.1, 0.15) is 0 Å². The number of nitrogens with one attached hydrogen (secondary N) is 1. The number of hydrogen-bond donors (Lipinski definition) is 1. The van der Waals surface area contributed by atoms with Gasteiger partial charge in [0.15, 0.2) is 4.96 Å². The summed E-state index contributed by atoms with van der Waals surface area (Å²) in [4.78, 5) is 9.21. The van der Waals surface area contributed by atoms with Crippen molar-refractivity contribution in [2.45, 2.75) is 33.4 Å². The molecule has 2 aromatic rings. The van der Waals surface area contributed by atoms with E-state index >= 15 is 0 Å². The highest BCUT2D eigenvalue weighted by Crippen LogP contribution is 2.20. The van der Waals surface area contributed by atoms with Gasteiger partial charge >= 0.3 is 0 Å². The quantitative estimate of drug-likeness (QED) is 0.899. The van der Waals surface area contributed by atoms with E-state index in [1.807, 2.05) is 0 Å². The van der Waals surface area contributed by atoms with Crippen molar-refractivity contribution in [1.29, 1.82) is 0 Å². The summed E-state index contributed by atoms with van der Waals surface area (Å²) < 4.78 is 2.21. The molecule has 2 aromatic heterocycles. The summed E-state index contributed by atoms with van der Waals surface area (Å²) in [7, 11) is 4.20. The van der Waals surface area contributed by atoms with Crippen molar-refractivity contribution in [3.8, 4) is 0 Å². The molecule has 0 bridgehead atoms. The first kappa shape index (κ1) is 13.5. The molecule has 0 radical (unpaired) electrons. The predicted molar refractivity (Wildman–Crippen MR) is 77.4 cm³/mol. The maximum Gasteiger partial charge on any atom is 0.194 e. The highest BCUT2D eigenvalue weighted by Gasteiger charge is 2.12. The Labute approximate surface area is 113 Å². The summed E-state index contributed by atoms with van der Waals surface area (Å²) >= 11 is 1.75. The Kier molecular flexibility index (Phi) is 4.04. The number of likely N-dealkylation sites (N-methyl/N-ethyl adjacent to an activating group) is 1. The molecular formula is C13H22N4S. The number of fused-ring (bicyclic) bond motifs is 1. The van der Waals surface area contributed by atoms with Gasteiger partial charge in [-0.05, 0) is 34.9 Å². The summed E-state index contributed by atoms with van der Waals surface area (Å²) in [5, 5.41) is 3.56. The van der Waals surface area contributed by atoms with Gasteiger partial charge in [0.05, 0.1) is 11.4 Å². The zero-order chi connectivity index (χ0) is 13.3. The summed E-state index contributed by atoms with van der Waals surface area (Å²) in [6, 6.07) is 0.477. The Balaban J connectivity index is 2.08. The van der Waals surface area contributed by atoms with E-state index < -0.39 is 0 Å². The van der Waals surface area contributed by atoms with Gasteiger partial charge in [0, 0.05) is 30.2 Å². The van der Waals surface area contributed by atoms with Crippen LogP contribution in [0.3, 0.4) is 0 Å². The van der Waals surface area contributed by atoms with E-state index in [9.17, 15) is 0 Å². The standard InChI is InChI=1S/C13H22N4S/c1-9(7-16(4)5)14-6-12-11(3)15-13-17(12)8-10(2)18-13/h8-9,14H,6-7H2,1-5H3. The maximum atomic E-state index is 4.60. The fourth-order valence-electron chi connectivity index (χ4n) is 2.21. The van der Waals surface area contributed by atoms with Gasteiger partial charge in [-0.15, -0.1) is 11.3 Å². The van der Waals surface area contributed by atoms with E-state index in [1.54, 1.807) is 11.3 Å². The van der Waals surface area contributed by atoms with Crippen molar-refractivity contribution in [3.05, 3.63) is 22.5 Å². The van der Waals surface area contributed by atoms with Crippen LogP contribution in [0.4, 0.5) is 0 Å². The normalized spacial score (nSPS) is 13.7. The molecule has 18 heavy (non-hydrogen) atoms. The minimum absolute atomic E-state index is 0.477. The van der Waals surface area contributed by atoms with Crippen LogP contribution in [0, 0.1) is 13.8 Å². The fraction of sp³-hybridized carbons (Fsp3) is 0.615. The van der Waals surface area contributed by atoms with Crippen molar-refractivity contribution in [2.24, 2.45) is 0 Å². The predicted octanol–water partition coefficient (Wildman–Crippen LogP) is 2.05. The number of thiazole rings is 1. The lowest BCUT2D eigenvalue weighted by Gasteiger charge is -2.18. The molecule has 0 aliphatic rings. The van der Waals surface area contributed by atoms with Gasteiger partial charge in [-0.1, -0.05) is 0 Å². The average Bonchev–Trinajstić information content (AvgIpc) is 2.70. The average molecular weight is 266 g/mol. The highest BCUT2D eigenvalue weighted by atomic mass is 32.1. The van der Waals surface area contributed by atoms with Crippen LogP contribution in [-0.4, -0.2) is 41.0 Å². The van der Waals surface area contributed by atoms with Gasteiger partial charge < -0.3 is 10.2 Å². The lowest BCUT2D eigenvalue weighted by atomic mass is 10.3. The molecule has 2 rings (SSSR count). The third-order valence-corrected chi connectivity index (χ3v) is 3.90.